The molecule has 0 unspecified atom stereocenters. The maximum absolute atomic E-state index is 2.35. The standard InChI is InChI=1S/C21H17.C16H14.Zr/c1-2-7-15-12-13-16(14-15)21-19-10-5-3-8-17(19)18-9-4-6-11-20(18)21;1-3-9-15(10-4-1)13-7-8-14-16-11-5-2-6-12-16;/h3-13,21H,2H2,1H3;1-14H;. The van der Waals surface area contributed by atoms with Crippen LogP contribution in [0.1, 0.15) is 41.5 Å². The monoisotopic (exact) mass is 565 g/mol. The van der Waals surface area contributed by atoms with Crippen molar-refractivity contribution in [2.75, 3.05) is 0 Å². The second-order valence-corrected chi connectivity index (χ2v) is 10.6. The molecule has 6 rings (SSSR count). The van der Waals surface area contributed by atoms with Crippen molar-refractivity contribution in [2.45, 2.75) is 19.3 Å². The van der Waals surface area contributed by atoms with E-state index in [1.807, 2.05) is 36.4 Å². The Morgan fingerprint density at radius 2 is 1.08 bits per heavy atom. The average molecular weight is 567 g/mol. The van der Waals surface area contributed by atoms with Crippen molar-refractivity contribution >= 4 is 12.2 Å². The van der Waals surface area contributed by atoms with E-state index in [1.165, 1.54) is 72.5 Å². The van der Waals surface area contributed by atoms with Gasteiger partial charge in [-0.15, -0.1) is 0 Å². The molecular formula is C37H31Zr. The van der Waals surface area contributed by atoms with E-state index in [1.54, 1.807) is 0 Å². The maximum atomic E-state index is 2.35. The van der Waals surface area contributed by atoms with E-state index in [0.717, 1.165) is 6.42 Å². The molecule has 0 fully saturated rings. The van der Waals surface area contributed by atoms with Gasteiger partial charge in [0.2, 0.25) is 0 Å². The summed E-state index contributed by atoms with van der Waals surface area (Å²) in [6.45, 7) is 2.21. The number of allylic oxidation sites excluding steroid dienone is 8. The Labute approximate surface area is 242 Å². The zero-order chi connectivity index (χ0) is 26.2. The van der Waals surface area contributed by atoms with Gasteiger partial charge in [0.25, 0.3) is 0 Å². The van der Waals surface area contributed by atoms with Gasteiger partial charge < -0.3 is 0 Å². The number of fused-ring (bicyclic) bond motifs is 3. The molecule has 0 saturated carbocycles. The van der Waals surface area contributed by atoms with Crippen LogP contribution in [0.5, 0.6) is 0 Å². The third-order valence-corrected chi connectivity index (χ3v) is 8.30. The van der Waals surface area contributed by atoms with Gasteiger partial charge >= 0.3 is 147 Å². The van der Waals surface area contributed by atoms with Crippen molar-refractivity contribution in [3.63, 3.8) is 0 Å². The molecule has 0 spiro atoms. The Hall–Kier alpha value is -3.54. The zero-order valence-electron chi connectivity index (χ0n) is 21.7. The van der Waals surface area contributed by atoms with Crippen LogP contribution in [-0.4, -0.2) is 0 Å². The normalized spacial score (nSPS) is 15.2. The topological polar surface area (TPSA) is 0 Å². The van der Waals surface area contributed by atoms with Crippen LogP contribution < -0.4 is 0 Å². The Morgan fingerprint density at radius 1 is 0.605 bits per heavy atom. The van der Waals surface area contributed by atoms with Crippen LogP contribution in [0.2, 0.25) is 0 Å². The summed E-state index contributed by atoms with van der Waals surface area (Å²) in [5.41, 5.74) is 11.1. The Morgan fingerprint density at radius 3 is 1.58 bits per heavy atom. The Kier molecular flexibility index (Phi) is 8.80. The molecule has 0 heterocycles. The minimum atomic E-state index is 0.403. The molecule has 4 aromatic rings. The fourth-order valence-corrected chi connectivity index (χ4v) is 6.11. The van der Waals surface area contributed by atoms with E-state index < -0.39 is 0 Å². The summed E-state index contributed by atoms with van der Waals surface area (Å²) in [7, 11) is 0. The molecule has 2 aliphatic rings. The minimum absolute atomic E-state index is 0.403. The predicted octanol–water partition coefficient (Wildman–Crippen LogP) is 9.92. The summed E-state index contributed by atoms with van der Waals surface area (Å²) in [5.74, 6) is 0.403. The second kappa shape index (κ2) is 12.8. The summed E-state index contributed by atoms with van der Waals surface area (Å²) in [6, 6.07) is 38.3. The van der Waals surface area contributed by atoms with Gasteiger partial charge in [0.1, 0.15) is 0 Å². The van der Waals surface area contributed by atoms with Crippen LogP contribution in [-0.2, 0) is 24.7 Å². The quantitative estimate of drug-likeness (QED) is 0.211. The van der Waals surface area contributed by atoms with Gasteiger partial charge in [-0.3, -0.25) is 0 Å². The van der Waals surface area contributed by atoms with Crippen molar-refractivity contribution in [1.29, 1.82) is 0 Å². The fourth-order valence-electron chi connectivity index (χ4n) is 5.10. The van der Waals surface area contributed by atoms with E-state index >= 15 is 0 Å². The molecule has 0 amide bonds. The molecule has 2 aliphatic carbocycles. The first kappa shape index (κ1) is 26.1. The number of hydrogen-bond donors (Lipinski definition) is 0. The first-order valence-corrected chi connectivity index (χ1v) is 14.5. The van der Waals surface area contributed by atoms with Crippen molar-refractivity contribution in [1.82, 2.24) is 0 Å². The van der Waals surface area contributed by atoms with Crippen molar-refractivity contribution in [3.05, 3.63) is 176 Å². The second-order valence-electron chi connectivity index (χ2n) is 9.38. The van der Waals surface area contributed by atoms with Crippen molar-refractivity contribution < 1.29 is 24.7 Å². The molecule has 0 aromatic heterocycles. The van der Waals surface area contributed by atoms with Gasteiger partial charge in [0.15, 0.2) is 0 Å². The Balaban J connectivity index is 0.000000163. The molecule has 0 nitrogen and oxygen atoms in total. The molecule has 0 saturated heterocycles. The third-order valence-electron chi connectivity index (χ3n) is 6.88. The number of hydrogen-bond acceptors (Lipinski definition) is 0. The first-order valence-electron chi connectivity index (χ1n) is 13.2. The summed E-state index contributed by atoms with van der Waals surface area (Å²) in [5, 5.41) is 0. The van der Waals surface area contributed by atoms with E-state index in [0.29, 0.717) is 5.92 Å². The summed E-state index contributed by atoms with van der Waals surface area (Å²) >= 11 is 1.51. The molecule has 0 radical (unpaired) electrons. The molecule has 183 valence electrons. The van der Waals surface area contributed by atoms with Gasteiger partial charge in [-0.2, -0.15) is 0 Å². The molecule has 0 N–H and O–H groups in total. The van der Waals surface area contributed by atoms with Gasteiger partial charge in [-0.25, -0.2) is 0 Å². The molecule has 0 bridgehead atoms. The molecule has 0 atom stereocenters. The van der Waals surface area contributed by atoms with Crippen LogP contribution in [0.25, 0.3) is 23.3 Å². The first-order chi connectivity index (χ1) is 18.8. The van der Waals surface area contributed by atoms with E-state index in [9.17, 15) is 0 Å². The van der Waals surface area contributed by atoms with E-state index in [2.05, 4.69) is 122 Å². The van der Waals surface area contributed by atoms with Crippen LogP contribution in [0.3, 0.4) is 0 Å². The average Bonchev–Trinajstić information content (AvgIpc) is 3.50. The van der Waals surface area contributed by atoms with Crippen LogP contribution >= 0.6 is 0 Å². The summed E-state index contributed by atoms with van der Waals surface area (Å²) in [4.78, 5) is 0. The molecular weight excluding hydrogens is 536 g/mol. The SMILES string of the molecule is C(C=Cc1ccccc1)=Cc1ccccc1.CCC=C1C=CC(C2c3ccccc3-c3ccccc32)=[C]1[Zr]. The molecule has 4 aromatic carbocycles. The van der Waals surface area contributed by atoms with Gasteiger partial charge in [0.05, 0.1) is 0 Å². The van der Waals surface area contributed by atoms with E-state index in [4.69, 9.17) is 0 Å². The third kappa shape index (κ3) is 5.95. The zero-order valence-corrected chi connectivity index (χ0v) is 24.2. The molecule has 1 heteroatoms. The van der Waals surface area contributed by atoms with Gasteiger partial charge in [-0.05, 0) is 11.1 Å². The number of rotatable bonds is 5. The van der Waals surface area contributed by atoms with Crippen molar-refractivity contribution in [3.8, 4) is 11.1 Å². The van der Waals surface area contributed by atoms with Crippen LogP contribution in [0, 0.1) is 0 Å². The predicted molar refractivity (Wildman–Crippen MR) is 159 cm³/mol. The number of benzene rings is 4. The summed E-state index contributed by atoms with van der Waals surface area (Å²) in [6.07, 6.45) is 16.4. The van der Waals surface area contributed by atoms with Crippen molar-refractivity contribution in [2.24, 2.45) is 0 Å². The molecule has 0 aliphatic heterocycles. The van der Waals surface area contributed by atoms with Gasteiger partial charge in [0, 0.05) is 0 Å². The van der Waals surface area contributed by atoms with E-state index in [-0.39, 0.29) is 0 Å². The Bertz CT molecular complexity index is 1440. The molecule has 38 heavy (non-hydrogen) atoms. The van der Waals surface area contributed by atoms with Crippen LogP contribution in [0.15, 0.2) is 154 Å². The van der Waals surface area contributed by atoms with Crippen LogP contribution in [0.4, 0.5) is 0 Å². The fraction of sp³-hybridized carbons (Fsp3) is 0.0811. The summed E-state index contributed by atoms with van der Waals surface area (Å²) < 4.78 is 1.52. The van der Waals surface area contributed by atoms with Gasteiger partial charge in [-0.1, -0.05) is 85.0 Å².